The molecule has 0 aromatic carbocycles. The fourth-order valence-electron chi connectivity index (χ4n) is 0.573. The zero-order valence-corrected chi connectivity index (χ0v) is 6.49. The van der Waals surface area contributed by atoms with Gasteiger partial charge in [-0.15, -0.1) is 0 Å². The van der Waals surface area contributed by atoms with E-state index in [2.05, 4.69) is 13.2 Å². The highest BCUT2D eigenvalue weighted by atomic mass is 16.1. The molecule has 0 fully saturated rings. The first-order chi connectivity index (χ1) is 5.35. The van der Waals surface area contributed by atoms with Crippen LogP contribution in [0.25, 0.3) is 0 Å². The Morgan fingerprint density at radius 1 is 1.27 bits per heavy atom. The fourth-order valence-corrected chi connectivity index (χ4v) is 0.573. The van der Waals surface area contributed by atoms with Gasteiger partial charge in [0.2, 0.25) is 0 Å². The van der Waals surface area contributed by atoms with Gasteiger partial charge in [-0.2, -0.15) is 0 Å². The second kappa shape index (κ2) is 6.75. The van der Waals surface area contributed by atoms with Gasteiger partial charge < -0.3 is 4.79 Å². The second-order valence-electron chi connectivity index (χ2n) is 1.94. The molecule has 11 heavy (non-hydrogen) atoms. The molecule has 1 heteroatoms. The average Bonchev–Trinajstić information content (AvgIpc) is 2.03. The molecule has 0 aromatic rings. The Morgan fingerprint density at radius 3 is 2.45 bits per heavy atom. The summed E-state index contributed by atoms with van der Waals surface area (Å²) in [7, 11) is 0. The molecule has 0 aliphatic carbocycles. The Hall–Kier alpha value is -1.37. The van der Waals surface area contributed by atoms with Crippen LogP contribution >= 0.6 is 0 Å². The van der Waals surface area contributed by atoms with Crippen LogP contribution in [0.3, 0.4) is 0 Å². The van der Waals surface area contributed by atoms with Crippen molar-refractivity contribution in [3.8, 4) is 0 Å². The zero-order valence-electron chi connectivity index (χ0n) is 6.49. The molecule has 0 radical (unpaired) electrons. The van der Waals surface area contributed by atoms with E-state index in [0.29, 0.717) is 6.42 Å². The molecule has 58 valence electrons. The minimum Gasteiger partial charge on any atom is -0.303 e. The van der Waals surface area contributed by atoms with Gasteiger partial charge in [0, 0.05) is 6.42 Å². The summed E-state index contributed by atoms with van der Waals surface area (Å²) in [6, 6.07) is 0. The summed E-state index contributed by atoms with van der Waals surface area (Å²) in [4.78, 5) is 10.1. The lowest BCUT2D eigenvalue weighted by Gasteiger charge is -1.89. The van der Waals surface area contributed by atoms with Crippen molar-refractivity contribution in [3.63, 3.8) is 0 Å². The first-order valence-corrected chi connectivity index (χ1v) is 3.39. The van der Waals surface area contributed by atoms with Crippen LogP contribution in [0.5, 0.6) is 0 Å². The van der Waals surface area contributed by atoms with Crippen LogP contribution in [0.1, 0.15) is 6.42 Å². The highest BCUT2D eigenvalue weighted by Gasteiger charge is 1.85. The molecule has 0 atom stereocenters. The summed E-state index contributed by atoms with van der Waals surface area (Å²) in [5.74, 6) is 0. The normalized spacial score (nSPS) is 11.5. The predicted molar refractivity (Wildman–Crippen MR) is 48.3 cm³/mol. The number of hydrogen-bond donors (Lipinski definition) is 0. The summed E-state index contributed by atoms with van der Waals surface area (Å²) in [6.45, 7) is 7.09. The van der Waals surface area contributed by atoms with Gasteiger partial charge in [-0.3, -0.25) is 0 Å². The Balaban J connectivity index is 4.09. The van der Waals surface area contributed by atoms with Crippen LogP contribution < -0.4 is 0 Å². The average molecular weight is 148 g/mol. The van der Waals surface area contributed by atoms with Crippen molar-refractivity contribution in [2.24, 2.45) is 0 Å². The third kappa shape index (κ3) is 5.09. The summed E-state index contributed by atoms with van der Waals surface area (Å²) in [5.41, 5.74) is 0.915. The molecule has 0 unspecified atom stereocenters. The van der Waals surface area contributed by atoms with Gasteiger partial charge in [0.05, 0.1) is 0 Å². The Labute approximate surface area is 67.4 Å². The minimum absolute atomic E-state index is 0.422. The van der Waals surface area contributed by atoms with E-state index in [-0.39, 0.29) is 0 Å². The molecule has 0 heterocycles. The minimum atomic E-state index is 0.422. The van der Waals surface area contributed by atoms with E-state index < -0.39 is 0 Å². The SMILES string of the molecule is C=C/C=C\C=C(/C=C)CC=O. The van der Waals surface area contributed by atoms with Crippen LogP contribution in [0.4, 0.5) is 0 Å². The number of carbonyl (C=O) groups is 1. The number of rotatable bonds is 5. The summed E-state index contributed by atoms with van der Waals surface area (Å²) in [6.07, 6.45) is 10.1. The van der Waals surface area contributed by atoms with E-state index in [1.165, 1.54) is 0 Å². The Bertz CT molecular complexity index is 197. The van der Waals surface area contributed by atoms with Crippen molar-refractivity contribution in [2.75, 3.05) is 0 Å². The van der Waals surface area contributed by atoms with Gasteiger partial charge in [-0.1, -0.05) is 43.5 Å². The van der Waals surface area contributed by atoms with Crippen LogP contribution in [-0.4, -0.2) is 6.29 Å². The lowest BCUT2D eigenvalue weighted by atomic mass is 10.2. The van der Waals surface area contributed by atoms with Gasteiger partial charge in [-0.05, 0) is 5.57 Å². The Morgan fingerprint density at radius 2 is 2.00 bits per heavy atom. The zero-order chi connectivity index (χ0) is 8.53. The first kappa shape index (κ1) is 9.63. The van der Waals surface area contributed by atoms with Crippen molar-refractivity contribution >= 4 is 6.29 Å². The Kier molecular flexibility index (Phi) is 5.91. The van der Waals surface area contributed by atoms with E-state index in [0.717, 1.165) is 11.9 Å². The number of allylic oxidation sites excluding steroid dienone is 6. The van der Waals surface area contributed by atoms with E-state index >= 15 is 0 Å². The van der Waals surface area contributed by atoms with Gasteiger partial charge in [0.15, 0.2) is 0 Å². The molecule has 0 N–H and O–H groups in total. The molecule has 0 aliphatic heterocycles. The number of aldehydes is 1. The first-order valence-electron chi connectivity index (χ1n) is 3.39. The second-order valence-corrected chi connectivity index (χ2v) is 1.94. The van der Waals surface area contributed by atoms with Crippen LogP contribution in [-0.2, 0) is 4.79 Å². The fraction of sp³-hybridized carbons (Fsp3) is 0.100. The number of carbonyl (C=O) groups excluding carboxylic acids is 1. The van der Waals surface area contributed by atoms with E-state index in [1.807, 2.05) is 12.2 Å². The quantitative estimate of drug-likeness (QED) is 0.432. The lowest BCUT2D eigenvalue weighted by molar-refractivity contribution is -0.107. The highest BCUT2D eigenvalue weighted by Crippen LogP contribution is 1.99. The van der Waals surface area contributed by atoms with E-state index in [4.69, 9.17) is 0 Å². The summed E-state index contributed by atoms with van der Waals surface area (Å²) in [5, 5.41) is 0. The molecule has 0 bridgehead atoms. The summed E-state index contributed by atoms with van der Waals surface area (Å²) >= 11 is 0. The lowest BCUT2D eigenvalue weighted by Crippen LogP contribution is -1.77. The molecule has 0 saturated carbocycles. The maximum absolute atomic E-state index is 10.1. The molecular formula is C10H12O. The van der Waals surface area contributed by atoms with Gasteiger partial charge in [-0.25, -0.2) is 0 Å². The van der Waals surface area contributed by atoms with Gasteiger partial charge in [0.25, 0.3) is 0 Å². The van der Waals surface area contributed by atoms with Crippen LogP contribution in [0, 0.1) is 0 Å². The molecule has 0 aliphatic rings. The number of hydrogen-bond acceptors (Lipinski definition) is 1. The van der Waals surface area contributed by atoms with Gasteiger partial charge >= 0.3 is 0 Å². The van der Waals surface area contributed by atoms with E-state index in [9.17, 15) is 4.79 Å². The molecule has 0 saturated heterocycles. The van der Waals surface area contributed by atoms with Gasteiger partial charge in [0.1, 0.15) is 6.29 Å². The molecule has 0 amide bonds. The van der Waals surface area contributed by atoms with Crippen LogP contribution in [0.2, 0.25) is 0 Å². The van der Waals surface area contributed by atoms with Crippen molar-refractivity contribution in [1.29, 1.82) is 0 Å². The molecular weight excluding hydrogens is 136 g/mol. The third-order valence-corrected chi connectivity index (χ3v) is 1.14. The highest BCUT2D eigenvalue weighted by molar-refractivity contribution is 5.56. The monoisotopic (exact) mass is 148 g/mol. The topological polar surface area (TPSA) is 17.1 Å². The predicted octanol–water partition coefficient (Wildman–Crippen LogP) is 2.43. The smallest absolute Gasteiger partial charge is 0.124 e. The van der Waals surface area contributed by atoms with Crippen molar-refractivity contribution in [2.45, 2.75) is 6.42 Å². The van der Waals surface area contributed by atoms with E-state index in [1.54, 1.807) is 18.2 Å². The summed E-state index contributed by atoms with van der Waals surface area (Å²) < 4.78 is 0. The molecule has 0 rings (SSSR count). The maximum atomic E-state index is 10.1. The standard InChI is InChI=1S/C10H12O/c1-3-5-6-7-10(4-2)8-9-11/h3-7,9H,1-2,8H2/b6-5-,10-7+. The van der Waals surface area contributed by atoms with Crippen LogP contribution in [0.15, 0.2) is 49.1 Å². The van der Waals surface area contributed by atoms with Crippen molar-refractivity contribution < 1.29 is 4.79 Å². The molecule has 0 aromatic heterocycles. The largest absolute Gasteiger partial charge is 0.303 e. The third-order valence-electron chi connectivity index (χ3n) is 1.14. The van der Waals surface area contributed by atoms with Crippen molar-refractivity contribution in [3.05, 3.63) is 49.1 Å². The molecule has 1 nitrogen and oxygen atoms in total. The van der Waals surface area contributed by atoms with Crippen molar-refractivity contribution in [1.82, 2.24) is 0 Å². The maximum Gasteiger partial charge on any atom is 0.124 e. The molecule has 0 spiro atoms.